The highest BCUT2D eigenvalue weighted by atomic mass is 17.1. The molecule has 0 aromatic rings. The summed E-state index contributed by atoms with van der Waals surface area (Å²) in [6, 6.07) is 0. The van der Waals surface area contributed by atoms with Crippen molar-refractivity contribution in [2.75, 3.05) is 0 Å². The second kappa shape index (κ2) is 4.19. The van der Waals surface area contributed by atoms with Crippen LogP contribution >= 0.6 is 0 Å². The molecule has 3 N–H and O–H groups in total. The molecule has 0 aromatic heterocycles. The summed E-state index contributed by atoms with van der Waals surface area (Å²) in [7, 11) is 0. The maximum absolute atomic E-state index is 10.8. The molecule has 20 heavy (non-hydrogen) atoms. The van der Waals surface area contributed by atoms with Crippen molar-refractivity contribution >= 4 is 0 Å². The molecule has 4 saturated carbocycles. The molecule has 0 aromatic carbocycles. The van der Waals surface area contributed by atoms with Crippen LogP contribution < -0.4 is 0 Å². The zero-order valence-electron chi connectivity index (χ0n) is 12.9. The van der Waals surface area contributed by atoms with E-state index in [1.807, 2.05) is 0 Å². The van der Waals surface area contributed by atoms with E-state index >= 15 is 0 Å². The van der Waals surface area contributed by atoms with E-state index in [4.69, 9.17) is 4.89 Å². The van der Waals surface area contributed by atoms with Crippen LogP contribution in [0.3, 0.4) is 0 Å². The highest BCUT2D eigenvalue weighted by Crippen LogP contribution is 2.66. The van der Waals surface area contributed by atoms with Gasteiger partial charge in [-0.25, -0.2) is 4.89 Å². The standard InChI is InChI=1S/C16H28O4/c1-4-13(2,3)12(20-19)14-5-11-6-15(17,8-14)10-16(18,7-11)9-14/h11-12,17-19H,4-10H2,1-3H3. The molecule has 0 amide bonds. The number of hydrogen-bond donors (Lipinski definition) is 3. The van der Waals surface area contributed by atoms with Crippen molar-refractivity contribution < 1.29 is 20.4 Å². The van der Waals surface area contributed by atoms with E-state index in [9.17, 15) is 15.5 Å². The van der Waals surface area contributed by atoms with Gasteiger partial charge in [-0.15, -0.1) is 0 Å². The first-order chi connectivity index (χ1) is 9.16. The van der Waals surface area contributed by atoms with Gasteiger partial charge in [0.2, 0.25) is 0 Å². The fourth-order valence-corrected chi connectivity index (χ4v) is 5.97. The van der Waals surface area contributed by atoms with Gasteiger partial charge in [0.1, 0.15) is 6.10 Å². The van der Waals surface area contributed by atoms with Gasteiger partial charge in [-0.3, -0.25) is 5.26 Å². The molecule has 0 heterocycles. The Bertz CT molecular complexity index is 387. The maximum Gasteiger partial charge on any atom is 0.104 e. The van der Waals surface area contributed by atoms with E-state index in [0.717, 1.165) is 25.7 Å². The average molecular weight is 284 g/mol. The first-order valence-corrected chi connectivity index (χ1v) is 7.91. The Kier molecular flexibility index (Phi) is 3.09. The monoisotopic (exact) mass is 284 g/mol. The Morgan fingerprint density at radius 2 is 1.65 bits per heavy atom. The molecule has 4 heteroatoms. The minimum absolute atomic E-state index is 0.173. The van der Waals surface area contributed by atoms with E-state index in [1.165, 1.54) is 0 Å². The van der Waals surface area contributed by atoms with Gasteiger partial charge in [-0.05, 0) is 49.9 Å². The van der Waals surface area contributed by atoms with Crippen LogP contribution in [0.2, 0.25) is 0 Å². The summed E-state index contributed by atoms with van der Waals surface area (Å²) in [4.78, 5) is 4.96. The average Bonchev–Trinajstić information content (AvgIpc) is 2.23. The van der Waals surface area contributed by atoms with Crippen molar-refractivity contribution in [2.45, 2.75) is 83.0 Å². The molecule has 0 radical (unpaired) electrons. The van der Waals surface area contributed by atoms with Crippen molar-refractivity contribution in [3.05, 3.63) is 0 Å². The van der Waals surface area contributed by atoms with E-state index in [0.29, 0.717) is 25.2 Å². The van der Waals surface area contributed by atoms with Crippen LogP contribution in [0, 0.1) is 16.7 Å². The number of hydrogen-bond acceptors (Lipinski definition) is 4. The Labute approximate surface area is 121 Å². The lowest BCUT2D eigenvalue weighted by Gasteiger charge is -2.65. The molecule has 0 aliphatic heterocycles. The van der Waals surface area contributed by atoms with Crippen molar-refractivity contribution in [3.63, 3.8) is 0 Å². The van der Waals surface area contributed by atoms with Gasteiger partial charge >= 0.3 is 0 Å². The molecule has 4 aliphatic carbocycles. The van der Waals surface area contributed by atoms with Crippen molar-refractivity contribution in [1.82, 2.24) is 0 Å². The molecule has 4 aliphatic rings. The minimum Gasteiger partial charge on any atom is -0.390 e. The molecule has 4 rings (SSSR count). The van der Waals surface area contributed by atoms with E-state index < -0.39 is 11.2 Å². The number of rotatable bonds is 4. The van der Waals surface area contributed by atoms with Gasteiger partial charge in [0.05, 0.1) is 11.2 Å². The van der Waals surface area contributed by atoms with E-state index in [2.05, 4.69) is 20.8 Å². The fraction of sp³-hybridized carbons (Fsp3) is 1.00. The minimum atomic E-state index is -0.769. The summed E-state index contributed by atoms with van der Waals surface area (Å²) in [5, 5.41) is 31.2. The first-order valence-electron chi connectivity index (χ1n) is 7.91. The van der Waals surface area contributed by atoms with Crippen molar-refractivity contribution in [1.29, 1.82) is 0 Å². The lowest BCUT2D eigenvalue weighted by molar-refractivity contribution is -0.360. The Morgan fingerprint density at radius 3 is 2.05 bits per heavy atom. The van der Waals surface area contributed by atoms with Crippen LogP contribution in [0.15, 0.2) is 0 Å². The third kappa shape index (κ3) is 2.04. The van der Waals surface area contributed by atoms with Gasteiger partial charge in [0, 0.05) is 11.8 Å². The van der Waals surface area contributed by atoms with Gasteiger partial charge < -0.3 is 10.2 Å². The largest absolute Gasteiger partial charge is 0.390 e. The molecular formula is C16H28O4. The molecular weight excluding hydrogens is 256 g/mol. The van der Waals surface area contributed by atoms with Crippen molar-refractivity contribution in [3.8, 4) is 0 Å². The highest BCUT2D eigenvalue weighted by Gasteiger charge is 2.66. The summed E-state index contributed by atoms with van der Waals surface area (Å²) < 4.78 is 0. The smallest absolute Gasteiger partial charge is 0.104 e. The summed E-state index contributed by atoms with van der Waals surface area (Å²) in [5.41, 5.74) is -2.01. The van der Waals surface area contributed by atoms with Gasteiger partial charge in [0.15, 0.2) is 0 Å². The first kappa shape index (κ1) is 14.8. The quantitative estimate of drug-likeness (QED) is 0.548. The molecule has 0 spiro atoms. The topological polar surface area (TPSA) is 69.9 Å². The fourth-order valence-electron chi connectivity index (χ4n) is 5.97. The lowest BCUT2D eigenvalue weighted by Crippen LogP contribution is -2.67. The highest BCUT2D eigenvalue weighted by molar-refractivity contribution is 5.17. The second-order valence-corrected chi connectivity index (χ2v) is 8.65. The van der Waals surface area contributed by atoms with Crippen LogP contribution in [0.5, 0.6) is 0 Å². The normalized spacial score (nSPS) is 48.6. The zero-order valence-corrected chi connectivity index (χ0v) is 12.9. The number of aliphatic hydroxyl groups is 2. The third-order valence-corrected chi connectivity index (χ3v) is 6.34. The van der Waals surface area contributed by atoms with Crippen LogP contribution in [-0.4, -0.2) is 32.8 Å². The van der Waals surface area contributed by atoms with Crippen LogP contribution in [0.1, 0.15) is 65.7 Å². The molecule has 3 atom stereocenters. The second-order valence-electron chi connectivity index (χ2n) is 8.65. The summed E-state index contributed by atoms with van der Waals surface area (Å²) in [6.07, 6.45) is 4.88. The molecule has 116 valence electrons. The van der Waals surface area contributed by atoms with Crippen LogP contribution in [0.25, 0.3) is 0 Å². The molecule has 4 nitrogen and oxygen atoms in total. The lowest BCUT2D eigenvalue weighted by atomic mass is 9.43. The van der Waals surface area contributed by atoms with Crippen LogP contribution in [0.4, 0.5) is 0 Å². The Balaban J connectivity index is 1.99. The maximum atomic E-state index is 10.8. The van der Waals surface area contributed by atoms with E-state index in [-0.39, 0.29) is 16.9 Å². The molecule has 4 bridgehead atoms. The Hall–Kier alpha value is -0.160. The summed E-state index contributed by atoms with van der Waals surface area (Å²) in [5.74, 6) is 0.353. The zero-order chi connectivity index (χ0) is 14.8. The predicted octanol–water partition coefficient (Wildman–Crippen LogP) is 2.73. The molecule has 3 unspecified atom stereocenters. The van der Waals surface area contributed by atoms with Crippen LogP contribution in [-0.2, 0) is 4.89 Å². The molecule has 0 saturated heterocycles. The van der Waals surface area contributed by atoms with Gasteiger partial charge in [0.25, 0.3) is 0 Å². The summed E-state index contributed by atoms with van der Waals surface area (Å²) >= 11 is 0. The molecule has 4 fully saturated rings. The SMILES string of the molecule is CCC(C)(C)C(OO)C12CC3CC(O)(CC(O)(C3)C1)C2. The van der Waals surface area contributed by atoms with Gasteiger partial charge in [-0.2, -0.15) is 0 Å². The van der Waals surface area contributed by atoms with Crippen molar-refractivity contribution in [2.24, 2.45) is 16.7 Å². The van der Waals surface area contributed by atoms with E-state index in [1.54, 1.807) is 0 Å². The Morgan fingerprint density at radius 1 is 1.10 bits per heavy atom. The summed E-state index contributed by atoms with van der Waals surface area (Å²) in [6.45, 7) is 6.29. The third-order valence-electron chi connectivity index (χ3n) is 6.34. The van der Waals surface area contributed by atoms with Gasteiger partial charge in [-0.1, -0.05) is 20.8 Å². The predicted molar refractivity (Wildman–Crippen MR) is 75.1 cm³/mol.